The van der Waals surface area contributed by atoms with Crippen molar-refractivity contribution in [3.63, 3.8) is 0 Å². The van der Waals surface area contributed by atoms with Gasteiger partial charge in [-0.1, -0.05) is 37.6 Å². The molecule has 1 aromatic rings. The fraction of sp³-hybridized carbons (Fsp3) is 0.625. The van der Waals surface area contributed by atoms with Crippen molar-refractivity contribution in [3.8, 4) is 0 Å². The quantitative estimate of drug-likeness (QED) is 0.866. The molecule has 98 valence electrons. The topological polar surface area (TPSA) is 23.5 Å². The second-order valence-corrected chi connectivity index (χ2v) is 5.80. The predicted octanol–water partition coefficient (Wildman–Crippen LogP) is 2.77. The zero-order chi connectivity index (χ0) is 12.5. The van der Waals surface area contributed by atoms with E-state index in [1.165, 1.54) is 24.8 Å². The maximum atomic E-state index is 10.5. The molecule has 0 amide bonds. The molecule has 0 saturated carbocycles. The lowest BCUT2D eigenvalue weighted by atomic mass is 9.93. The Kier molecular flexibility index (Phi) is 3.40. The molecule has 2 nitrogen and oxygen atoms in total. The highest BCUT2D eigenvalue weighted by atomic mass is 16.3. The Morgan fingerprint density at radius 1 is 1.22 bits per heavy atom. The van der Waals surface area contributed by atoms with Crippen LogP contribution in [0.1, 0.15) is 43.4 Å². The van der Waals surface area contributed by atoms with Crippen molar-refractivity contribution in [2.24, 2.45) is 5.92 Å². The van der Waals surface area contributed by atoms with Crippen molar-refractivity contribution in [3.05, 3.63) is 35.4 Å². The minimum Gasteiger partial charge on any atom is -0.387 e. The molecule has 3 rings (SSSR count). The third-order valence-electron chi connectivity index (χ3n) is 4.86. The van der Waals surface area contributed by atoms with Gasteiger partial charge in [-0.15, -0.1) is 0 Å². The van der Waals surface area contributed by atoms with Gasteiger partial charge in [-0.2, -0.15) is 0 Å². The summed E-state index contributed by atoms with van der Waals surface area (Å²) < 4.78 is 0. The van der Waals surface area contributed by atoms with Gasteiger partial charge in [0.25, 0.3) is 0 Å². The average molecular weight is 245 g/mol. The summed E-state index contributed by atoms with van der Waals surface area (Å²) in [4.78, 5) is 2.51. The summed E-state index contributed by atoms with van der Waals surface area (Å²) in [5.74, 6) is 0.905. The number of aliphatic hydroxyl groups excluding tert-OH is 1. The molecule has 2 unspecified atom stereocenters. The number of benzene rings is 1. The van der Waals surface area contributed by atoms with E-state index >= 15 is 0 Å². The van der Waals surface area contributed by atoms with Gasteiger partial charge < -0.3 is 5.11 Å². The summed E-state index contributed by atoms with van der Waals surface area (Å²) in [7, 11) is 0. The lowest BCUT2D eigenvalue weighted by Crippen LogP contribution is -2.43. The molecule has 2 heteroatoms. The van der Waals surface area contributed by atoms with E-state index < -0.39 is 0 Å². The smallest absolute Gasteiger partial charge is 0.0951 e. The monoisotopic (exact) mass is 245 g/mol. The van der Waals surface area contributed by atoms with Gasteiger partial charge in [0.15, 0.2) is 0 Å². The van der Waals surface area contributed by atoms with E-state index in [4.69, 9.17) is 0 Å². The van der Waals surface area contributed by atoms with Gasteiger partial charge in [0.1, 0.15) is 0 Å². The van der Waals surface area contributed by atoms with Crippen LogP contribution < -0.4 is 0 Å². The zero-order valence-corrected chi connectivity index (χ0v) is 11.2. The van der Waals surface area contributed by atoms with Gasteiger partial charge in [-0.05, 0) is 49.4 Å². The Morgan fingerprint density at radius 2 is 1.94 bits per heavy atom. The number of hydrogen-bond donors (Lipinski definition) is 1. The summed E-state index contributed by atoms with van der Waals surface area (Å²) in [6, 6.07) is 8.68. The molecule has 1 aliphatic heterocycles. The number of likely N-dealkylation sites (tertiary alicyclic amines) is 1. The molecule has 1 fully saturated rings. The predicted molar refractivity (Wildman–Crippen MR) is 73.5 cm³/mol. The number of rotatable bonds is 2. The van der Waals surface area contributed by atoms with Crippen LogP contribution in [-0.2, 0) is 6.42 Å². The maximum absolute atomic E-state index is 10.5. The van der Waals surface area contributed by atoms with Gasteiger partial charge in [0, 0.05) is 6.04 Å². The summed E-state index contributed by atoms with van der Waals surface area (Å²) in [5.41, 5.74) is 2.49. The molecule has 18 heavy (non-hydrogen) atoms. The molecule has 1 aliphatic carbocycles. The highest BCUT2D eigenvalue weighted by Crippen LogP contribution is 2.36. The van der Waals surface area contributed by atoms with Gasteiger partial charge >= 0.3 is 0 Å². The Bertz CT molecular complexity index is 409. The van der Waals surface area contributed by atoms with Crippen LogP contribution in [0.15, 0.2) is 24.3 Å². The highest BCUT2D eigenvalue weighted by Gasteiger charge is 2.36. The molecule has 2 atom stereocenters. The highest BCUT2D eigenvalue weighted by molar-refractivity contribution is 5.35. The zero-order valence-electron chi connectivity index (χ0n) is 11.2. The molecule has 0 aromatic heterocycles. The minimum atomic E-state index is -0.278. The first kappa shape index (κ1) is 12.2. The van der Waals surface area contributed by atoms with Gasteiger partial charge in [-0.25, -0.2) is 0 Å². The van der Waals surface area contributed by atoms with E-state index in [2.05, 4.69) is 30.0 Å². The summed E-state index contributed by atoms with van der Waals surface area (Å²) >= 11 is 0. The average Bonchev–Trinajstić information content (AvgIpc) is 2.77. The van der Waals surface area contributed by atoms with Gasteiger partial charge in [0.2, 0.25) is 0 Å². The van der Waals surface area contributed by atoms with Crippen molar-refractivity contribution in [2.45, 2.75) is 44.8 Å². The van der Waals surface area contributed by atoms with Crippen LogP contribution in [0, 0.1) is 5.92 Å². The van der Waals surface area contributed by atoms with Crippen molar-refractivity contribution in [1.82, 2.24) is 4.90 Å². The van der Waals surface area contributed by atoms with Crippen LogP contribution >= 0.6 is 0 Å². The van der Waals surface area contributed by atoms with Gasteiger partial charge in [-0.3, -0.25) is 4.90 Å². The normalized spacial score (nSPS) is 29.4. The number of piperidine rings is 1. The summed E-state index contributed by atoms with van der Waals surface area (Å²) in [5, 5.41) is 10.5. The third-order valence-corrected chi connectivity index (χ3v) is 4.86. The maximum Gasteiger partial charge on any atom is 0.0951 e. The summed E-state index contributed by atoms with van der Waals surface area (Å²) in [6.45, 7) is 4.61. The van der Waals surface area contributed by atoms with E-state index in [9.17, 15) is 5.11 Å². The van der Waals surface area contributed by atoms with Crippen LogP contribution in [0.5, 0.6) is 0 Å². The van der Waals surface area contributed by atoms with Crippen LogP contribution in [0.4, 0.5) is 0 Å². The van der Waals surface area contributed by atoms with Crippen molar-refractivity contribution in [1.29, 1.82) is 0 Å². The number of fused-ring (bicyclic) bond motifs is 1. The van der Waals surface area contributed by atoms with E-state index in [-0.39, 0.29) is 6.10 Å². The standard InChI is InChI=1S/C16H23NO/c1-2-12-7-9-17(10-8-12)15-11-13-5-3-4-6-14(13)16(15)18/h3-6,12,15-16,18H,2,7-11H2,1H3. The molecule has 1 aromatic carbocycles. The van der Waals surface area contributed by atoms with Crippen LogP contribution in [-0.4, -0.2) is 29.1 Å². The summed E-state index contributed by atoms with van der Waals surface area (Å²) in [6.07, 6.45) is 4.65. The fourth-order valence-electron chi connectivity index (χ4n) is 3.57. The van der Waals surface area contributed by atoms with E-state index in [1.807, 2.05) is 6.07 Å². The molecule has 1 saturated heterocycles. The Morgan fingerprint density at radius 3 is 2.61 bits per heavy atom. The van der Waals surface area contributed by atoms with Crippen molar-refractivity contribution in [2.75, 3.05) is 13.1 Å². The lowest BCUT2D eigenvalue weighted by Gasteiger charge is -2.37. The lowest BCUT2D eigenvalue weighted by molar-refractivity contribution is 0.0388. The molecule has 0 bridgehead atoms. The molecule has 1 heterocycles. The first-order chi connectivity index (χ1) is 8.79. The molecule has 2 aliphatic rings. The minimum absolute atomic E-state index is 0.278. The second-order valence-electron chi connectivity index (χ2n) is 5.80. The van der Waals surface area contributed by atoms with E-state index in [0.29, 0.717) is 6.04 Å². The number of aliphatic hydroxyl groups is 1. The third kappa shape index (κ3) is 2.08. The second kappa shape index (κ2) is 5.02. The SMILES string of the molecule is CCC1CCN(C2Cc3ccccc3C2O)CC1. The Labute approximate surface area is 110 Å². The van der Waals surface area contributed by atoms with Crippen LogP contribution in [0.3, 0.4) is 0 Å². The molecule has 1 N–H and O–H groups in total. The Hall–Kier alpha value is -0.860. The number of nitrogens with zero attached hydrogens (tertiary/aromatic N) is 1. The van der Waals surface area contributed by atoms with E-state index in [1.54, 1.807) is 0 Å². The fourth-order valence-corrected chi connectivity index (χ4v) is 3.57. The number of hydrogen-bond acceptors (Lipinski definition) is 2. The molecule has 0 spiro atoms. The van der Waals surface area contributed by atoms with Gasteiger partial charge in [0.05, 0.1) is 6.10 Å². The molecular weight excluding hydrogens is 222 g/mol. The van der Waals surface area contributed by atoms with Crippen LogP contribution in [0.2, 0.25) is 0 Å². The largest absolute Gasteiger partial charge is 0.387 e. The Balaban J connectivity index is 1.69. The first-order valence-corrected chi connectivity index (χ1v) is 7.29. The van der Waals surface area contributed by atoms with E-state index in [0.717, 1.165) is 31.0 Å². The van der Waals surface area contributed by atoms with Crippen molar-refractivity contribution < 1.29 is 5.11 Å². The molecule has 0 radical (unpaired) electrons. The van der Waals surface area contributed by atoms with Crippen molar-refractivity contribution >= 4 is 0 Å². The molecular formula is C16H23NO. The first-order valence-electron chi connectivity index (χ1n) is 7.29. The van der Waals surface area contributed by atoms with Crippen LogP contribution in [0.25, 0.3) is 0 Å².